The molecule has 1 aliphatic rings. The van der Waals surface area contributed by atoms with Crippen LogP contribution in [0.3, 0.4) is 0 Å². The molecule has 0 aliphatic carbocycles. The monoisotopic (exact) mass is 259 g/mol. The minimum absolute atomic E-state index is 0.530. The first-order valence-corrected chi connectivity index (χ1v) is 6.53. The van der Waals surface area contributed by atoms with Crippen LogP contribution in [0.5, 0.6) is 0 Å². The predicted octanol–water partition coefficient (Wildman–Crippen LogP) is 1.82. The number of anilines is 1. The summed E-state index contributed by atoms with van der Waals surface area (Å²) in [4.78, 5) is 4.43. The summed E-state index contributed by atoms with van der Waals surface area (Å²) in [7, 11) is 0. The maximum Gasteiger partial charge on any atom is 0.231 e. The highest BCUT2D eigenvalue weighted by molar-refractivity contribution is 5.39. The second kappa shape index (κ2) is 5.40. The average molecular weight is 259 g/mol. The predicted molar refractivity (Wildman–Crippen MR) is 70.6 cm³/mol. The quantitative estimate of drug-likeness (QED) is 0.848. The molecule has 3 rings (SSSR count). The molecule has 0 saturated carbocycles. The molecule has 2 N–H and O–H groups in total. The van der Waals surface area contributed by atoms with E-state index in [-0.39, 0.29) is 0 Å². The van der Waals surface area contributed by atoms with Crippen molar-refractivity contribution in [2.75, 3.05) is 18.9 Å². The van der Waals surface area contributed by atoms with Crippen LogP contribution in [0.15, 0.2) is 28.8 Å². The largest absolute Gasteiger partial charge is 0.399 e. The lowest BCUT2D eigenvalue weighted by atomic mass is 10.1. The fraction of sp³-hybridized carbons (Fsp3) is 0.429. The van der Waals surface area contributed by atoms with E-state index in [9.17, 15) is 0 Å². The summed E-state index contributed by atoms with van der Waals surface area (Å²) in [5.41, 5.74) is 7.53. The van der Waals surface area contributed by atoms with Gasteiger partial charge >= 0.3 is 0 Å². The van der Waals surface area contributed by atoms with Crippen molar-refractivity contribution >= 4 is 5.69 Å². The van der Waals surface area contributed by atoms with Crippen molar-refractivity contribution in [2.45, 2.75) is 19.3 Å². The topological polar surface area (TPSA) is 74.2 Å². The maximum absolute atomic E-state index is 5.65. The number of ether oxygens (including phenoxy) is 1. The van der Waals surface area contributed by atoms with E-state index < -0.39 is 0 Å². The minimum Gasteiger partial charge on any atom is -0.399 e. The second-order valence-electron chi connectivity index (χ2n) is 4.96. The van der Waals surface area contributed by atoms with Crippen molar-refractivity contribution in [3.8, 4) is 0 Å². The first-order chi connectivity index (χ1) is 9.29. The molecule has 0 radical (unpaired) electrons. The van der Waals surface area contributed by atoms with Gasteiger partial charge in [-0.3, -0.25) is 0 Å². The fourth-order valence-electron chi connectivity index (χ4n) is 2.26. The van der Waals surface area contributed by atoms with Gasteiger partial charge < -0.3 is 15.0 Å². The average Bonchev–Trinajstić information content (AvgIpc) is 3.05. The molecule has 1 unspecified atom stereocenters. The van der Waals surface area contributed by atoms with E-state index >= 15 is 0 Å². The standard InChI is InChI=1S/C14H17N3O2/c15-12-3-1-10(2-4-12)8-14-16-13(17-19-14)7-11-5-6-18-9-11/h1-4,11H,5-9,15H2. The lowest BCUT2D eigenvalue weighted by Crippen LogP contribution is -2.05. The van der Waals surface area contributed by atoms with Gasteiger partial charge in [-0.25, -0.2) is 0 Å². The molecule has 1 fully saturated rings. The van der Waals surface area contributed by atoms with Crippen molar-refractivity contribution in [1.82, 2.24) is 10.1 Å². The number of nitrogen functional groups attached to an aromatic ring is 1. The van der Waals surface area contributed by atoms with E-state index in [1.807, 2.05) is 24.3 Å². The van der Waals surface area contributed by atoms with Crippen LogP contribution >= 0.6 is 0 Å². The Hall–Kier alpha value is -1.88. The molecule has 0 bridgehead atoms. The third-order valence-corrected chi connectivity index (χ3v) is 3.34. The van der Waals surface area contributed by atoms with Gasteiger partial charge in [0.2, 0.25) is 5.89 Å². The summed E-state index contributed by atoms with van der Waals surface area (Å²) in [6, 6.07) is 7.71. The van der Waals surface area contributed by atoms with Crippen LogP contribution in [-0.2, 0) is 17.6 Å². The van der Waals surface area contributed by atoms with E-state index in [1.165, 1.54) is 0 Å². The lowest BCUT2D eigenvalue weighted by molar-refractivity contribution is 0.185. The molecule has 1 atom stereocenters. The van der Waals surface area contributed by atoms with Gasteiger partial charge in [-0.1, -0.05) is 17.3 Å². The molecule has 0 amide bonds. The van der Waals surface area contributed by atoms with Crippen LogP contribution in [0.2, 0.25) is 0 Å². The molecule has 5 nitrogen and oxygen atoms in total. The number of nitrogens with zero attached hydrogens (tertiary/aromatic N) is 2. The van der Waals surface area contributed by atoms with E-state index in [2.05, 4.69) is 10.1 Å². The van der Waals surface area contributed by atoms with Gasteiger partial charge in [0.05, 0.1) is 6.42 Å². The van der Waals surface area contributed by atoms with Gasteiger partial charge in [-0.15, -0.1) is 0 Å². The fourth-order valence-corrected chi connectivity index (χ4v) is 2.26. The number of rotatable bonds is 4. The van der Waals surface area contributed by atoms with Crippen LogP contribution in [0, 0.1) is 5.92 Å². The third kappa shape index (κ3) is 3.12. The van der Waals surface area contributed by atoms with Crippen molar-refractivity contribution in [2.24, 2.45) is 5.92 Å². The number of hydrogen-bond acceptors (Lipinski definition) is 5. The van der Waals surface area contributed by atoms with E-state index in [4.69, 9.17) is 15.0 Å². The molecule has 0 spiro atoms. The van der Waals surface area contributed by atoms with Crippen LogP contribution in [0.1, 0.15) is 23.7 Å². The van der Waals surface area contributed by atoms with Crippen LogP contribution in [-0.4, -0.2) is 23.4 Å². The van der Waals surface area contributed by atoms with Crippen LogP contribution < -0.4 is 5.73 Å². The third-order valence-electron chi connectivity index (χ3n) is 3.34. The highest BCUT2D eigenvalue weighted by Gasteiger charge is 2.19. The summed E-state index contributed by atoms with van der Waals surface area (Å²) in [5, 5.41) is 4.03. The Balaban J connectivity index is 1.62. The summed E-state index contributed by atoms with van der Waals surface area (Å²) in [6.07, 6.45) is 2.57. The summed E-state index contributed by atoms with van der Waals surface area (Å²) < 4.78 is 10.6. The van der Waals surface area contributed by atoms with E-state index in [0.29, 0.717) is 18.2 Å². The van der Waals surface area contributed by atoms with Crippen LogP contribution in [0.4, 0.5) is 5.69 Å². The number of hydrogen-bond donors (Lipinski definition) is 1. The van der Waals surface area contributed by atoms with Crippen molar-refractivity contribution < 1.29 is 9.26 Å². The Labute approximate surface area is 111 Å². The van der Waals surface area contributed by atoms with Crippen LogP contribution in [0.25, 0.3) is 0 Å². The zero-order valence-corrected chi connectivity index (χ0v) is 10.7. The number of benzene rings is 1. The SMILES string of the molecule is Nc1ccc(Cc2nc(CC3CCOC3)no2)cc1. The van der Waals surface area contributed by atoms with Gasteiger partial charge in [0.25, 0.3) is 0 Å². The summed E-state index contributed by atoms with van der Waals surface area (Å²) >= 11 is 0. The Morgan fingerprint density at radius 2 is 2.11 bits per heavy atom. The zero-order chi connectivity index (χ0) is 13.1. The van der Waals surface area contributed by atoms with Gasteiger partial charge in [0, 0.05) is 25.3 Å². The molecule has 1 aromatic heterocycles. The van der Waals surface area contributed by atoms with Gasteiger partial charge in [0.1, 0.15) is 0 Å². The Morgan fingerprint density at radius 1 is 1.26 bits per heavy atom. The summed E-state index contributed by atoms with van der Waals surface area (Å²) in [6.45, 7) is 1.66. The van der Waals surface area contributed by atoms with Gasteiger partial charge in [0.15, 0.2) is 5.82 Å². The normalized spacial score (nSPS) is 18.8. The number of nitrogens with two attached hydrogens (primary N) is 1. The molecular weight excluding hydrogens is 242 g/mol. The Kier molecular flexibility index (Phi) is 3.46. The Bertz CT molecular complexity index is 530. The molecule has 5 heteroatoms. The van der Waals surface area contributed by atoms with Gasteiger partial charge in [-0.2, -0.15) is 4.98 Å². The van der Waals surface area contributed by atoms with E-state index in [0.717, 1.165) is 43.1 Å². The highest BCUT2D eigenvalue weighted by atomic mass is 16.5. The molecule has 19 heavy (non-hydrogen) atoms. The van der Waals surface area contributed by atoms with Crippen molar-refractivity contribution in [3.05, 3.63) is 41.5 Å². The van der Waals surface area contributed by atoms with E-state index in [1.54, 1.807) is 0 Å². The first kappa shape index (κ1) is 12.2. The van der Waals surface area contributed by atoms with Gasteiger partial charge in [-0.05, 0) is 30.0 Å². The zero-order valence-electron chi connectivity index (χ0n) is 10.7. The molecule has 1 aromatic carbocycles. The molecule has 1 saturated heterocycles. The maximum atomic E-state index is 5.65. The molecule has 1 aliphatic heterocycles. The molecule has 2 heterocycles. The molecule has 100 valence electrons. The van der Waals surface area contributed by atoms with Crippen molar-refractivity contribution in [3.63, 3.8) is 0 Å². The number of aromatic nitrogens is 2. The van der Waals surface area contributed by atoms with Crippen molar-refractivity contribution in [1.29, 1.82) is 0 Å². The smallest absolute Gasteiger partial charge is 0.231 e. The summed E-state index contributed by atoms with van der Waals surface area (Å²) in [5.74, 6) is 1.96. The Morgan fingerprint density at radius 3 is 2.84 bits per heavy atom. The highest BCUT2D eigenvalue weighted by Crippen LogP contribution is 2.17. The first-order valence-electron chi connectivity index (χ1n) is 6.53. The second-order valence-corrected chi connectivity index (χ2v) is 4.96. The minimum atomic E-state index is 0.530. The lowest BCUT2D eigenvalue weighted by Gasteiger charge is -2.01. The molecular formula is C14H17N3O2. The molecule has 2 aromatic rings.